The minimum atomic E-state index is -0.305. The summed E-state index contributed by atoms with van der Waals surface area (Å²) in [5.74, 6) is 0.400. The van der Waals surface area contributed by atoms with Crippen LogP contribution in [0.25, 0.3) is 0 Å². The van der Waals surface area contributed by atoms with Gasteiger partial charge in [0.25, 0.3) is 11.8 Å². The van der Waals surface area contributed by atoms with Crippen molar-refractivity contribution in [1.29, 1.82) is 0 Å². The minimum absolute atomic E-state index is 0.173. The molecule has 0 saturated heterocycles. The van der Waals surface area contributed by atoms with Gasteiger partial charge in [-0.1, -0.05) is 18.2 Å². The van der Waals surface area contributed by atoms with Gasteiger partial charge >= 0.3 is 0 Å². The number of hydrogen-bond donors (Lipinski definition) is 2. The molecule has 2 heterocycles. The molecule has 0 radical (unpaired) electrons. The maximum Gasteiger partial charge on any atom is 0.275 e. The zero-order valence-electron chi connectivity index (χ0n) is 15.3. The first kappa shape index (κ1) is 18.2. The normalized spacial score (nSPS) is 13.3. The van der Waals surface area contributed by atoms with Gasteiger partial charge in [0.1, 0.15) is 16.5 Å². The van der Waals surface area contributed by atoms with Crippen LogP contribution in [0, 0.1) is 0 Å². The molecule has 2 aromatic carbocycles. The number of nitrogens with one attached hydrogen (secondary N) is 2. The van der Waals surface area contributed by atoms with Gasteiger partial charge in [-0.3, -0.25) is 9.59 Å². The van der Waals surface area contributed by atoms with E-state index in [1.165, 1.54) is 11.3 Å². The molecule has 28 heavy (non-hydrogen) atoms. The Kier molecular flexibility index (Phi) is 5.08. The molecular weight excluding hydrogens is 374 g/mol. The SMILES string of the molecule is C[C@H](NC(=O)c1ccc2c(c1)CCO2)c1nc(C(=O)Nc2ccccc2)cs1. The molecule has 0 saturated carbocycles. The van der Waals surface area contributed by atoms with Gasteiger partial charge in [0, 0.05) is 23.1 Å². The number of ether oxygens (including phenoxy) is 1. The van der Waals surface area contributed by atoms with E-state index in [0.717, 1.165) is 17.7 Å². The van der Waals surface area contributed by atoms with Crippen molar-refractivity contribution in [2.75, 3.05) is 11.9 Å². The van der Waals surface area contributed by atoms with Crippen LogP contribution in [0.3, 0.4) is 0 Å². The highest BCUT2D eigenvalue weighted by Gasteiger charge is 2.19. The Labute approximate surface area is 166 Å². The number of amides is 2. The van der Waals surface area contributed by atoms with Crippen LogP contribution >= 0.6 is 11.3 Å². The third-order valence-electron chi connectivity index (χ3n) is 4.46. The van der Waals surface area contributed by atoms with Crippen molar-refractivity contribution in [1.82, 2.24) is 10.3 Å². The van der Waals surface area contributed by atoms with E-state index < -0.39 is 0 Å². The van der Waals surface area contributed by atoms with Crippen molar-refractivity contribution in [3.8, 4) is 5.75 Å². The van der Waals surface area contributed by atoms with Gasteiger partial charge < -0.3 is 15.4 Å². The maximum absolute atomic E-state index is 12.6. The minimum Gasteiger partial charge on any atom is -0.493 e. The first-order valence-electron chi connectivity index (χ1n) is 8.98. The molecule has 3 aromatic rings. The van der Waals surface area contributed by atoms with Crippen LogP contribution in [0.2, 0.25) is 0 Å². The zero-order chi connectivity index (χ0) is 19.5. The van der Waals surface area contributed by atoms with Crippen LogP contribution < -0.4 is 15.4 Å². The summed E-state index contributed by atoms with van der Waals surface area (Å²) in [6.45, 7) is 2.51. The number of anilines is 1. The molecule has 142 valence electrons. The highest BCUT2D eigenvalue weighted by molar-refractivity contribution is 7.09. The highest BCUT2D eigenvalue weighted by atomic mass is 32.1. The molecule has 7 heteroatoms. The summed E-state index contributed by atoms with van der Waals surface area (Å²) in [6, 6.07) is 14.4. The van der Waals surface area contributed by atoms with Crippen LogP contribution in [0.5, 0.6) is 5.75 Å². The first-order chi connectivity index (χ1) is 13.6. The van der Waals surface area contributed by atoms with Gasteiger partial charge in [-0.25, -0.2) is 4.98 Å². The molecule has 1 aromatic heterocycles. The first-order valence-corrected chi connectivity index (χ1v) is 9.86. The van der Waals surface area contributed by atoms with Crippen LogP contribution in [0.1, 0.15) is 44.4 Å². The lowest BCUT2D eigenvalue weighted by Gasteiger charge is -2.12. The van der Waals surface area contributed by atoms with Crippen molar-refractivity contribution in [3.05, 3.63) is 75.7 Å². The molecule has 0 fully saturated rings. The van der Waals surface area contributed by atoms with Crippen LogP contribution in [-0.4, -0.2) is 23.4 Å². The van der Waals surface area contributed by atoms with Crippen LogP contribution in [-0.2, 0) is 6.42 Å². The number of carbonyl (C=O) groups excluding carboxylic acids is 2. The van der Waals surface area contributed by atoms with E-state index in [1.54, 1.807) is 11.4 Å². The number of rotatable bonds is 5. The lowest BCUT2D eigenvalue weighted by atomic mass is 10.1. The Bertz CT molecular complexity index is 1020. The smallest absolute Gasteiger partial charge is 0.275 e. The number of carbonyl (C=O) groups is 2. The molecule has 0 spiro atoms. The average molecular weight is 393 g/mol. The molecule has 4 rings (SSSR count). The zero-order valence-corrected chi connectivity index (χ0v) is 16.1. The van der Waals surface area contributed by atoms with E-state index in [4.69, 9.17) is 4.74 Å². The van der Waals surface area contributed by atoms with Crippen LogP contribution in [0.15, 0.2) is 53.9 Å². The molecule has 1 atom stereocenters. The number of hydrogen-bond acceptors (Lipinski definition) is 5. The van der Waals surface area contributed by atoms with E-state index in [-0.39, 0.29) is 17.9 Å². The summed E-state index contributed by atoms with van der Waals surface area (Å²) >= 11 is 1.35. The molecule has 0 bridgehead atoms. The maximum atomic E-state index is 12.6. The summed E-state index contributed by atoms with van der Waals surface area (Å²) < 4.78 is 5.47. The second-order valence-electron chi connectivity index (χ2n) is 6.51. The fourth-order valence-corrected chi connectivity index (χ4v) is 3.78. The molecule has 2 N–H and O–H groups in total. The Morgan fingerprint density at radius 2 is 1.96 bits per heavy atom. The Balaban J connectivity index is 1.40. The highest BCUT2D eigenvalue weighted by Crippen LogP contribution is 2.26. The molecule has 0 aliphatic carbocycles. The van der Waals surface area contributed by atoms with Gasteiger partial charge in [0.2, 0.25) is 0 Å². The third kappa shape index (κ3) is 3.89. The summed E-state index contributed by atoms with van der Waals surface area (Å²) in [7, 11) is 0. The lowest BCUT2D eigenvalue weighted by Crippen LogP contribution is -2.26. The van der Waals surface area contributed by atoms with Crippen molar-refractivity contribution >= 4 is 28.8 Å². The topological polar surface area (TPSA) is 80.3 Å². The van der Waals surface area contributed by atoms with E-state index in [2.05, 4.69) is 15.6 Å². The van der Waals surface area contributed by atoms with E-state index in [0.29, 0.717) is 28.6 Å². The largest absolute Gasteiger partial charge is 0.493 e. The number of benzene rings is 2. The van der Waals surface area contributed by atoms with Gasteiger partial charge in [-0.15, -0.1) is 11.3 Å². The molecular formula is C21H19N3O3S. The number of thiazole rings is 1. The van der Waals surface area contributed by atoms with Gasteiger partial charge in [0.05, 0.1) is 12.6 Å². The predicted molar refractivity (Wildman–Crippen MR) is 108 cm³/mol. The predicted octanol–water partition coefficient (Wildman–Crippen LogP) is 3.82. The Morgan fingerprint density at radius 3 is 2.79 bits per heavy atom. The summed E-state index contributed by atoms with van der Waals surface area (Å²) in [5.41, 5.74) is 2.69. The van der Waals surface area contributed by atoms with Gasteiger partial charge in [0.15, 0.2) is 0 Å². The molecule has 6 nitrogen and oxygen atoms in total. The molecule has 0 unspecified atom stereocenters. The average Bonchev–Trinajstić information content (AvgIpc) is 3.37. The second kappa shape index (κ2) is 7.82. The monoisotopic (exact) mass is 393 g/mol. The van der Waals surface area contributed by atoms with Gasteiger partial charge in [-0.2, -0.15) is 0 Å². The van der Waals surface area contributed by atoms with Crippen molar-refractivity contribution in [3.63, 3.8) is 0 Å². The van der Waals surface area contributed by atoms with E-state index in [1.807, 2.05) is 49.4 Å². The lowest BCUT2D eigenvalue weighted by molar-refractivity contribution is 0.0939. The number of nitrogens with zero attached hydrogens (tertiary/aromatic N) is 1. The van der Waals surface area contributed by atoms with E-state index in [9.17, 15) is 9.59 Å². The number of para-hydroxylation sites is 1. The van der Waals surface area contributed by atoms with Crippen molar-refractivity contribution < 1.29 is 14.3 Å². The summed E-state index contributed by atoms with van der Waals surface area (Å²) in [4.78, 5) is 29.3. The third-order valence-corrected chi connectivity index (χ3v) is 5.48. The van der Waals surface area contributed by atoms with Crippen LogP contribution in [0.4, 0.5) is 5.69 Å². The fraction of sp³-hybridized carbons (Fsp3) is 0.190. The fourth-order valence-electron chi connectivity index (χ4n) is 2.98. The van der Waals surface area contributed by atoms with Gasteiger partial charge in [-0.05, 0) is 42.8 Å². The molecule has 2 amide bonds. The standard InChI is InChI=1S/C21H19N3O3S/c1-13(22-19(25)15-7-8-18-14(11-15)9-10-27-18)21-24-17(12-28-21)20(26)23-16-5-3-2-4-6-16/h2-8,11-13H,9-10H2,1H3,(H,22,25)(H,23,26)/t13-/m0/s1. The summed E-state index contributed by atoms with van der Waals surface area (Å²) in [5, 5.41) is 8.12. The second-order valence-corrected chi connectivity index (χ2v) is 7.40. The molecule has 1 aliphatic heterocycles. The summed E-state index contributed by atoms with van der Waals surface area (Å²) in [6.07, 6.45) is 0.818. The Morgan fingerprint density at radius 1 is 1.14 bits per heavy atom. The van der Waals surface area contributed by atoms with Crippen molar-refractivity contribution in [2.24, 2.45) is 0 Å². The Hall–Kier alpha value is -3.19. The number of fused-ring (bicyclic) bond motifs is 1. The quantitative estimate of drug-likeness (QED) is 0.691. The van der Waals surface area contributed by atoms with E-state index >= 15 is 0 Å². The van der Waals surface area contributed by atoms with Crippen molar-refractivity contribution in [2.45, 2.75) is 19.4 Å². The number of aromatic nitrogens is 1. The molecule has 1 aliphatic rings.